The van der Waals surface area contributed by atoms with Crippen LogP contribution in [-0.2, 0) is 7.05 Å². The van der Waals surface area contributed by atoms with Crippen LogP contribution in [0.25, 0.3) is 22.0 Å². The smallest absolute Gasteiger partial charge is 0.318 e. The number of amides is 2. The van der Waals surface area contributed by atoms with Gasteiger partial charge in [0.1, 0.15) is 13.3 Å². The molecular weight excluding hydrogens is 428 g/mol. The molecule has 174 valence electrons. The van der Waals surface area contributed by atoms with Crippen molar-refractivity contribution in [2.45, 2.75) is 49.9 Å². The molecule has 2 aliphatic rings. The lowest BCUT2D eigenvalue weighted by atomic mass is 9.97. The fraction of sp³-hybridized carbons (Fsp3) is 0.478. The number of aryl methyl sites for hydroxylation is 1. The first-order chi connectivity index (χ1) is 16.0. The lowest BCUT2D eigenvalue weighted by Gasteiger charge is -2.39. The maximum atomic E-state index is 13.1. The summed E-state index contributed by atoms with van der Waals surface area (Å²) in [6, 6.07) is 5.00. The lowest BCUT2D eigenvalue weighted by Crippen LogP contribution is -2.54. The van der Waals surface area contributed by atoms with Gasteiger partial charge in [0.25, 0.3) is 0 Å². The number of halogens is 2. The number of carbonyl (C=O) groups is 1. The summed E-state index contributed by atoms with van der Waals surface area (Å²) in [6.07, 6.45) is 8.58. The van der Waals surface area contributed by atoms with E-state index in [0.29, 0.717) is 12.8 Å². The number of alkyl halides is 2. The van der Waals surface area contributed by atoms with E-state index < -0.39 is 19.4 Å². The van der Waals surface area contributed by atoms with Gasteiger partial charge in [0.15, 0.2) is 0 Å². The fourth-order valence-corrected chi connectivity index (χ4v) is 5.10. The molecule has 1 aromatic carbocycles. The summed E-state index contributed by atoms with van der Waals surface area (Å²) in [5, 5.41) is 11.0. The largest absolute Gasteiger partial charge is 0.324 e. The molecule has 8 nitrogen and oxygen atoms in total. The molecule has 2 aliphatic heterocycles. The number of fused-ring (bicyclic) bond motifs is 3. The zero-order valence-corrected chi connectivity index (χ0v) is 18.4. The zero-order chi connectivity index (χ0) is 22.9. The highest BCUT2D eigenvalue weighted by Crippen LogP contribution is 2.36. The average Bonchev–Trinajstić information content (AvgIpc) is 3.37. The second kappa shape index (κ2) is 9.01. The molecule has 2 aromatic heterocycles. The second-order valence-corrected chi connectivity index (χ2v) is 8.93. The molecule has 2 amide bonds. The van der Waals surface area contributed by atoms with Crippen LogP contribution >= 0.6 is 0 Å². The van der Waals surface area contributed by atoms with E-state index in [-0.39, 0.29) is 30.1 Å². The molecule has 3 atom stereocenters. The fourth-order valence-electron chi connectivity index (χ4n) is 5.10. The number of benzene rings is 1. The maximum Gasteiger partial charge on any atom is 0.324 e. The first-order valence-corrected chi connectivity index (χ1v) is 11.3. The van der Waals surface area contributed by atoms with Gasteiger partial charge in [-0.3, -0.25) is 10.00 Å². The summed E-state index contributed by atoms with van der Waals surface area (Å²) in [4.78, 5) is 23.8. The lowest BCUT2D eigenvalue weighted by molar-refractivity contribution is 0.133. The van der Waals surface area contributed by atoms with Crippen LogP contribution in [0.4, 0.5) is 19.5 Å². The van der Waals surface area contributed by atoms with Gasteiger partial charge in [-0.1, -0.05) is 12.1 Å². The normalized spacial score (nSPS) is 22.3. The predicted octanol–water partition coefficient (Wildman–Crippen LogP) is 3.45. The number of urea groups is 1. The van der Waals surface area contributed by atoms with Crippen molar-refractivity contribution in [1.82, 2.24) is 30.0 Å². The highest BCUT2D eigenvalue weighted by atomic mass is 19.1. The van der Waals surface area contributed by atoms with Crippen molar-refractivity contribution in [2.75, 3.05) is 18.7 Å². The van der Waals surface area contributed by atoms with E-state index in [2.05, 4.69) is 25.7 Å². The molecule has 2 saturated heterocycles. The third-order valence-electron chi connectivity index (χ3n) is 6.65. The molecule has 0 aliphatic carbocycles. The molecule has 2 bridgehead atoms. The summed E-state index contributed by atoms with van der Waals surface area (Å²) in [6.45, 7) is -1.46. The monoisotopic (exact) mass is 455 g/mol. The molecule has 4 heterocycles. The minimum atomic E-state index is -0.766. The van der Waals surface area contributed by atoms with Crippen LogP contribution in [0.3, 0.4) is 0 Å². The minimum Gasteiger partial charge on any atom is -0.318 e. The molecule has 3 aromatic rings. The van der Waals surface area contributed by atoms with Crippen LogP contribution in [0.5, 0.6) is 0 Å². The molecule has 33 heavy (non-hydrogen) atoms. The quantitative estimate of drug-likeness (QED) is 0.595. The van der Waals surface area contributed by atoms with Crippen molar-refractivity contribution in [2.24, 2.45) is 7.05 Å². The zero-order valence-electron chi connectivity index (χ0n) is 18.4. The number of nitrogens with one attached hydrogen (secondary N) is 2. The van der Waals surface area contributed by atoms with E-state index in [4.69, 9.17) is 0 Å². The number of hydrogen-bond donors (Lipinski definition) is 2. The number of anilines is 1. The molecule has 0 radical (unpaired) electrons. The Morgan fingerprint density at radius 1 is 1.15 bits per heavy atom. The van der Waals surface area contributed by atoms with Gasteiger partial charge in [-0.05, 0) is 37.3 Å². The molecule has 0 saturated carbocycles. The highest BCUT2D eigenvalue weighted by Gasteiger charge is 2.43. The maximum absolute atomic E-state index is 13.1. The number of aromatic nitrogens is 4. The van der Waals surface area contributed by atoms with Crippen molar-refractivity contribution in [3.63, 3.8) is 0 Å². The molecule has 0 spiro atoms. The van der Waals surface area contributed by atoms with E-state index in [1.165, 1.54) is 0 Å². The Labute approximate surface area is 190 Å². The van der Waals surface area contributed by atoms with Crippen molar-refractivity contribution in [3.05, 3.63) is 36.8 Å². The van der Waals surface area contributed by atoms with Gasteiger partial charge in [-0.15, -0.1) is 0 Å². The SMILES string of the molecule is Cn1cc(-c2ccc3cnc(NC(=O)N4[C@@H]5CC[C@H]4C[C@@H](NC(CF)CF)C5)nc3c2)cn1. The topological polar surface area (TPSA) is 88.0 Å². The minimum absolute atomic E-state index is 0.0193. The third kappa shape index (κ3) is 4.39. The van der Waals surface area contributed by atoms with Crippen LogP contribution in [-0.4, -0.2) is 68.2 Å². The van der Waals surface area contributed by atoms with E-state index in [1.807, 2.05) is 36.3 Å². The molecule has 0 unspecified atom stereocenters. The van der Waals surface area contributed by atoms with Gasteiger partial charge in [-0.25, -0.2) is 23.5 Å². The summed E-state index contributed by atoms with van der Waals surface area (Å²) < 4.78 is 27.6. The second-order valence-electron chi connectivity index (χ2n) is 8.93. The van der Waals surface area contributed by atoms with Gasteiger partial charge >= 0.3 is 6.03 Å². The van der Waals surface area contributed by atoms with Gasteiger partial charge in [-0.2, -0.15) is 5.10 Å². The van der Waals surface area contributed by atoms with Crippen LogP contribution in [0, 0.1) is 0 Å². The van der Waals surface area contributed by atoms with Crippen molar-refractivity contribution < 1.29 is 13.6 Å². The van der Waals surface area contributed by atoms with E-state index in [0.717, 1.165) is 34.9 Å². The third-order valence-corrected chi connectivity index (χ3v) is 6.65. The van der Waals surface area contributed by atoms with Gasteiger partial charge in [0.05, 0.1) is 17.8 Å². The molecule has 2 N–H and O–H groups in total. The van der Waals surface area contributed by atoms with E-state index in [9.17, 15) is 13.6 Å². The summed E-state index contributed by atoms with van der Waals surface area (Å²) in [5.41, 5.74) is 2.70. The Kier molecular flexibility index (Phi) is 5.92. The Balaban J connectivity index is 1.29. The molecule has 2 fully saturated rings. The van der Waals surface area contributed by atoms with Gasteiger partial charge in [0.2, 0.25) is 5.95 Å². The predicted molar refractivity (Wildman–Crippen MR) is 121 cm³/mol. The standard InChI is InChI=1S/C23H27F2N7O/c1-31-13-16(12-27-31)14-2-3-15-11-26-22(29-21(15)6-14)30-23(33)32-19-4-5-20(32)8-17(7-19)28-18(9-24)10-25/h2-3,6,11-13,17-20,28H,4-5,7-10H2,1H3,(H,26,29,30,33)/t17-,19+,20-. The van der Waals surface area contributed by atoms with Gasteiger partial charge < -0.3 is 10.2 Å². The number of hydrogen-bond acceptors (Lipinski definition) is 5. The first kappa shape index (κ1) is 21.7. The van der Waals surface area contributed by atoms with Crippen LogP contribution in [0.2, 0.25) is 0 Å². The average molecular weight is 456 g/mol. The Bertz CT molecular complexity index is 1130. The van der Waals surface area contributed by atoms with Crippen molar-refractivity contribution >= 4 is 22.9 Å². The van der Waals surface area contributed by atoms with Crippen LogP contribution < -0.4 is 10.6 Å². The van der Waals surface area contributed by atoms with E-state index >= 15 is 0 Å². The summed E-state index contributed by atoms with van der Waals surface area (Å²) in [7, 11) is 1.87. The van der Waals surface area contributed by atoms with E-state index in [1.54, 1.807) is 17.1 Å². The van der Waals surface area contributed by atoms with Gasteiger partial charge in [0, 0.05) is 48.5 Å². The summed E-state index contributed by atoms with van der Waals surface area (Å²) in [5.74, 6) is 0.255. The molecule has 5 rings (SSSR count). The Morgan fingerprint density at radius 2 is 1.91 bits per heavy atom. The molecular formula is C23H27F2N7O. The van der Waals surface area contributed by atoms with Crippen molar-refractivity contribution in [1.29, 1.82) is 0 Å². The number of rotatable bonds is 6. The number of carbonyl (C=O) groups excluding carboxylic acids is 1. The number of nitrogens with zero attached hydrogens (tertiary/aromatic N) is 5. The highest BCUT2D eigenvalue weighted by molar-refractivity contribution is 5.90. The first-order valence-electron chi connectivity index (χ1n) is 11.3. The number of piperidine rings is 1. The Hall–Kier alpha value is -3.14. The van der Waals surface area contributed by atoms with Crippen molar-refractivity contribution in [3.8, 4) is 11.1 Å². The van der Waals surface area contributed by atoms with Crippen LogP contribution in [0.1, 0.15) is 25.7 Å². The molecule has 10 heteroatoms. The Morgan fingerprint density at radius 3 is 2.58 bits per heavy atom. The summed E-state index contributed by atoms with van der Waals surface area (Å²) >= 11 is 0. The van der Waals surface area contributed by atoms with Crippen LogP contribution in [0.15, 0.2) is 36.8 Å².